The van der Waals surface area contributed by atoms with Gasteiger partial charge in [-0.2, -0.15) is 0 Å². The molecule has 1 N–H and O–H groups in total. The quantitative estimate of drug-likeness (QED) is 0.484. The highest BCUT2D eigenvalue weighted by Gasteiger charge is 2.17. The van der Waals surface area contributed by atoms with Crippen LogP contribution in [0.5, 0.6) is 11.5 Å². The number of carbonyl (C=O) groups excluding carboxylic acids is 1. The average Bonchev–Trinajstić information content (AvgIpc) is 3.25. The van der Waals surface area contributed by atoms with Gasteiger partial charge in [-0.05, 0) is 37.3 Å². The standard InChI is InChI=1S/C24H27NO5/c1-18(26)22-10-4-6-12-24(22)30-17-20(27)15-25(16-21-9-7-13-29-21)14-19-8-3-5-11-23(19)28-2/h3-13,20,27H,14-17H2,1-2H3. The van der Waals surface area contributed by atoms with Gasteiger partial charge in [0.1, 0.15) is 30.0 Å². The normalized spacial score (nSPS) is 12.0. The Labute approximate surface area is 176 Å². The molecular weight excluding hydrogens is 382 g/mol. The summed E-state index contributed by atoms with van der Waals surface area (Å²) in [6, 6.07) is 18.6. The molecule has 2 aromatic carbocycles. The molecule has 6 heteroatoms. The molecule has 6 nitrogen and oxygen atoms in total. The van der Waals surface area contributed by atoms with E-state index in [1.54, 1.807) is 37.6 Å². The summed E-state index contributed by atoms with van der Waals surface area (Å²) in [6.45, 7) is 3.04. The van der Waals surface area contributed by atoms with E-state index in [0.717, 1.165) is 17.1 Å². The van der Waals surface area contributed by atoms with E-state index < -0.39 is 6.10 Å². The van der Waals surface area contributed by atoms with E-state index in [4.69, 9.17) is 13.9 Å². The second kappa shape index (κ2) is 10.6. The first-order valence-electron chi connectivity index (χ1n) is 9.84. The Morgan fingerprint density at radius 1 is 1.03 bits per heavy atom. The van der Waals surface area contributed by atoms with Crippen molar-refractivity contribution in [1.82, 2.24) is 4.90 Å². The Morgan fingerprint density at radius 2 is 1.77 bits per heavy atom. The summed E-state index contributed by atoms with van der Waals surface area (Å²) in [5, 5.41) is 10.6. The molecule has 3 rings (SSSR count). The maximum atomic E-state index is 11.8. The molecule has 3 aromatic rings. The van der Waals surface area contributed by atoms with Crippen LogP contribution >= 0.6 is 0 Å². The van der Waals surface area contributed by atoms with Gasteiger partial charge in [0.05, 0.1) is 25.5 Å². The minimum Gasteiger partial charge on any atom is -0.496 e. The number of aliphatic hydroxyl groups excluding tert-OH is 1. The Hall–Kier alpha value is -3.09. The fraction of sp³-hybridized carbons (Fsp3) is 0.292. The average molecular weight is 409 g/mol. The topological polar surface area (TPSA) is 72.1 Å². The third-order valence-corrected chi connectivity index (χ3v) is 4.71. The Bertz CT molecular complexity index is 938. The number of hydrogen-bond acceptors (Lipinski definition) is 6. The summed E-state index contributed by atoms with van der Waals surface area (Å²) in [5.41, 5.74) is 1.52. The fourth-order valence-electron chi connectivity index (χ4n) is 3.30. The van der Waals surface area contributed by atoms with Crippen molar-refractivity contribution in [2.45, 2.75) is 26.1 Å². The van der Waals surface area contributed by atoms with Gasteiger partial charge in [0.25, 0.3) is 0 Å². The smallest absolute Gasteiger partial charge is 0.163 e. The van der Waals surface area contributed by atoms with Crippen molar-refractivity contribution >= 4 is 5.78 Å². The predicted molar refractivity (Wildman–Crippen MR) is 114 cm³/mol. The number of ketones is 1. The van der Waals surface area contributed by atoms with Crippen LogP contribution in [0.1, 0.15) is 28.6 Å². The van der Waals surface area contributed by atoms with E-state index in [2.05, 4.69) is 4.90 Å². The number of carbonyl (C=O) groups is 1. The maximum Gasteiger partial charge on any atom is 0.163 e. The van der Waals surface area contributed by atoms with E-state index in [0.29, 0.717) is 30.9 Å². The number of para-hydroxylation sites is 2. The van der Waals surface area contributed by atoms with Crippen LogP contribution in [0.25, 0.3) is 0 Å². The third-order valence-electron chi connectivity index (χ3n) is 4.71. The van der Waals surface area contributed by atoms with Gasteiger partial charge in [0.15, 0.2) is 5.78 Å². The predicted octanol–water partition coefficient (Wildman–Crippen LogP) is 3.93. The zero-order chi connectivity index (χ0) is 21.3. The number of methoxy groups -OCH3 is 1. The molecule has 0 radical (unpaired) electrons. The van der Waals surface area contributed by atoms with Crippen molar-refractivity contribution in [2.75, 3.05) is 20.3 Å². The number of furan rings is 1. The highest BCUT2D eigenvalue weighted by molar-refractivity contribution is 5.96. The van der Waals surface area contributed by atoms with Crippen LogP contribution in [0.15, 0.2) is 71.3 Å². The molecule has 0 amide bonds. The van der Waals surface area contributed by atoms with Crippen LogP contribution in [0.3, 0.4) is 0 Å². The number of aliphatic hydroxyl groups is 1. The van der Waals surface area contributed by atoms with Gasteiger partial charge in [0, 0.05) is 18.7 Å². The van der Waals surface area contributed by atoms with E-state index >= 15 is 0 Å². The van der Waals surface area contributed by atoms with Crippen LogP contribution in [-0.2, 0) is 13.1 Å². The molecule has 0 saturated carbocycles. The second-order valence-corrected chi connectivity index (χ2v) is 7.08. The fourth-order valence-corrected chi connectivity index (χ4v) is 3.30. The summed E-state index contributed by atoms with van der Waals surface area (Å²) in [7, 11) is 1.64. The summed E-state index contributed by atoms with van der Waals surface area (Å²) < 4.78 is 16.7. The molecule has 1 unspecified atom stereocenters. The lowest BCUT2D eigenvalue weighted by atomic mass is 10.1. The van der Waals surface area contributed by atoms with Crippen molar-refractivity contribution in [1.29, 1.82) is 0 Å². The molecule has 0 aliphatic heterocycles. The first kappa shape index (κ1) is 21.6. The molecule has 0 bridgehead atoms. The van der Waals surface area contributed by atoms with Crippen LogP contribution in [0.4, 0.5) is 0 Å². The lowest BCUT2D eigenvalue weighted by Crippen LogP contribution is -2.35. The SMILES string of the molecule is COc1ccccc1CN(Cc1ccco1)CC(O)COc1ccccc1C(C)=O. The monoisotopic (exact) mass is 409 g/mol. The highest BCUT2D eigenvalue weighted by atomic mass is 16.5. The van der Waals surface area contributed by atoms with Gasteiger partial charge in [0.2, 0.25) is 0 Å². The van der Waals surface area contributed by atoms with E-state index in [-0.39, 0.29) is 12.4 Å². The van der Waals surface area contributed by atoms with Crippen LogP contribution in [0.2, 0.25) is 0 Å². The summed E-state index contributed by atoms with van der Waals surface area (Å²) in [6.07, 6.45) is 0.879. The zero-order valence-electron chi connectivity index (χ0n) is 17.3. The lowest BCUT2D eigenvalue weighted by Gasteiger charge is -2.25. The number of rotatable bonds is 11. The van der Waals surface area contributed by atoms with E-state index in [9.17, 15) is 9.90 Å². The van der Waals surface area contributed by atoms with Gasteiger partial charge in [-0.25, -0.2) is 0 Å². The van der Waals surface area contributed by atoms with Crippen molar-refractivity contribution in [2.24, 2.45) is 0 Å². The van der Waals surface area contributed by atoms with Crippen molar-refractivity contribution in [3.05, 3.63) is 83.8 Å². The maximum absolute atomic E-state index is 11.8. The molecule has 0 aliphatic carbocycles. The number of hydrogen-bond donors (Lipinski definition) is 1. The number of ether oxygens (including phenoxy) is 2. The first-order valence-corrected chi connectivity index (χ1v) is 9.84. The zero-order valence-corrected chi connectivity index (χ0v) is 17.3. The minimum absolute atomic E-state index is 0.0734. The number of nitrogens with zero attached hydrogens (tertiary/aromatic N) is 1. The molecule has 158 valence electrons. The van der Waals surface area contributed by atoms with Gasteiger partial charge < -0.3 is 19.0 Å². The van der Waals surface area contributed by atoms with Crippen LogP contribution < -0.4 is 9.47 Å². The Kier molecular flexibility index (Phi) is 7.65. The largest absolute Gasteiger partial charge is 0.496 e. The van der Waals surface area contributed by atoms with E-state index in [1.807, 2.05) is 36.4 Å². The third kappa shape index (κ3) is 5.95. The summed E-state index contributed by atoms with van der Waals surface area (Å²) >= 11 is 0. The molecule has 0 saturated heterocycles. The molecule has 0 spiro atoms. The Morgan fingerprint density at radius 3 is 2.47 bits per heavy atom. The van der Waals surface area contributed by atoms with Crippen molar-refractivity contribution in [3.8, 4) is 11.5 Å². The summed E-state index contributed by atoms with van der Waals surface area (Å²) in [4.78, 5) is 13.8. The van der Waals surface area contributed by atoms with Crippen LogP contribution in [0, 0.1) is 0 Å². The molecule has 0 aliphatic rings. The van der Waals surface area contributed by atoms with Gasteiger partial charge in [-0.1, -0.05) is 30.3 Å². The van der Waals surface area contributed by atoms with E-state index in [1.165, 1.54) is 6.92 Å². The summed E-state index contributed by atoms with van der Waals surface area (Å²) in [5.74, 6) is 2.00. The lowest BCUT2D eigenvalue weighted by molar-refractivity contribution is 0.0596. The molecule has 1 heterocycles. The molecule has 30 heavy (non-hydrogen) atoms. The first-order chi connectivity index (χ1) is 14.6. The van der Waals surface area contributed by atoms with Gasteiger partial charge in [-0.3, -0.25) is 9.69 Å². The van der Waals surface area contributed by atoms with Crippen LogP contribution in [-0.4, -0.2) is 42.2 Å². The van der Waals surface area contributed by atoms with Crippen molar-refractivity contribution < 1.29 is 23.8 Å². The van der Waals surface area contributed by atoms with Gasteiger partial charge >= 0.3 is 0 Å². The Balaban J connectivity index is 1.67. The molecule has 1 aromatic heterocycles. The second-order valence-electron chi connectivity index (χ2n) is 7.08. The molecule has 0 fully saturated rings. The van der Waals surface area contributed by atoms with Gasteiger partial charge in [-0.15, -0.1) is 0 Å². The highest BCUT2D eigenvalue weighted by Crippen LogP contribution is 2.22. The molecule has 1 atom stereocenters. The van der Waals surface area contributed by atoms with Crippen molar-refractivity contribution in [3.63, 3.8) is 0 Å². The number of Topliss-reactive ketones (excluding diaryl/α,β-unsaturated/α-hetero) is 1. The number of benzene rings is 2. The minimum atomic E-state index is -0.755. The molecular formula is C24H27NO5.